The molecule has 0 bridgehead atoms. The van der Waals surface area contributed by atoms with Crippen LogP contribution in [-0.4, -0.2) is 24.2 Å². The molecule has 0 atom stereocenters. The molecule has 0 aliphatic heterocycles. The van der Waals surface area contributed by atoms with Gasteiger partial charge in [0.2, 0.25) is 0 Å². The van der Waals surface area contributed by atoms with E-state index in [0.717, 1.165) is 13.0 Å². The molecule has 0 aromatic heterocycles. The van der Waals surface area contributed by atoms with E-state index in [-0.39, 0.29) is 5.57 Å². The molecule has 11 heavy (non-hydrogen) atoms. The molecule has 0 amide bonds. The molecule has 0 radical (unpaired) electrons. The number of aliphatic carboxylic acids is 1. The van der Waals surface area contributed by atoms with Crippen LogP contribution in [0.4, 0.5) is 0 Å². The second-order valence-corrected chi connectivity index (χ2v) is 2.41. The van der Waals surface area contributed by atoms with Crippen LogP contribution >= 0.6 is 0 Å². The maximum atomic E-state index is 10.2. The van der Waals surface area contributed by atoms with Crippen molar-refractivity contribution in [3.05, 3.63) is 12.2 Å². The summed E-state index contributed by atoms with van der Waals surface area (Å²) in [5.74, 6) is -0.900. The fraction of sp³-hybridized carbons (Fsp3) is 0.625. The van der Waals surface area contributed by atoms with Gasteiger partial charge < -0.3 is 10.4 Å². The first-order chi connectivity index (χ1) is 5.18. The van der Waals surface area contributed by atoms with E-state index in [0.29, 0.717) is 13.0 Å². The fourth-order valence-corrected chi connectivity index (χ4v) is 0.648. The Kier molecular flexibility index (Phi) is 5.47. The van der Waals surface area contributed by atoms with Crippen molar-refractivity contribution in [3.8, 4) is 0 Å². The zero-order valence-electron chi connectivity index (χ0n) is 6.89. The number of nitrogens with one attached hydrogen (secondary N) is 1. The molecule has 0 aliphatic carbocycles. The standard InChI is InChI=1S/C8H15NO2/c1-3-5-9-6-4-7(2)8(10)11/h9H,2-6H2,1H3,(H,10,11). The molecular weight excluding hydrogens is 142 g/mol. The van der Waals surface area contributed by atoms with E-state index < -0.39 is 5.97 Å². The molecular formula is C8H15NO2. The van der Waals surface area contributed by atoms with Crippen molar-refractivity contribution in [2.75, 3.05) is 13.1 Å². The first kappa shape index (κ1) is 10.2. The Morgan fingerprint density at radius 1 is 1.55 bits per heavy atom. The average molecular weight is 157 g/mol. The summed E-state index contributed by atoms with van der Waals surface area (Å²) in [6.45, 7) is 7.13. The predicted molar refractivity (Wildman–Crippen MR) is 44.6 cm³/mol. The number of carbonyl (C=O) groups is 1. The van der Waals surface area contributed by atoms with E-state index in [2.05, 4.69) is 18.8 Å². The van der Waals surface area contributed by atoms with Crippen molar-refractivity contribution in [1.82, 2.24) is 5.32 Å². The highest BCUT2D eigenvalue weighted by Gasteiger charge is 2.01. The SMILES string of the molecule is C=C(CCNCCC)C(=O)O. The van der Waals surface area contributed by atoms with Gasteiger partial charge in [0.1, 0.15) is 0 Å². The van der Waals surface area contributed by atoms with Gasteiger partial charge in [-0.1, -0.05) is 13.5 Å². The molecule has 0 unspecified atom stereocenters. The smallest absolute Gasteiger partial charge is 0.330 e. The summed E-state index contributed by atoms with van der Waals surface area (Å²) < 4.78 is 0. The fourth-order valence-electron chi connectivity index (χ4n) is 0.648. The van der Waals surface area contributed by atoms with Crippen LogP contribution in [0.1, 0.15) is 19.8 Å². The quantitative estimate of drug-likeness (QED) is 0.447. The zero-order valence-corrected chi connectivity index (χ0v) is 6.89. The number of rotatable bonds is 6. The second-order valence-electron chi connectivity index (χ2n) is 2.41. The van der Waals surface area contributed by atoms with Crippen LogP contribution in [0, 0.1) is 0 Å². The molecule has 0 aliphatic rings. The first-order valence-electron chi connectivity index (χ1n) is 3.80. The van der Waals surface area contributed by atoms with Crippen molar-refractivity contribution in [1.29, 1.82) is 0 Å². The molecule has 64 valence electrons. The second kappa shape index (κ2) is 5.92. The lowest BCUT2D eigenvalue weighted by Crippen LogP contribution is -2.17. The largest absolute Gasteiger partial charge is 0.478 e. The minimum Gasteiger partial charge on any atom is -0.478 e. The minimum atomic E-state index is -0.900. The molecule has 2 N–H and O–H groups in total. The van der Waals surface area contributed by atoms with Crippen molar-refractivity contribution >= 4 is 5.97 Å². The van der Waals surface area contributed by atoms with E-state index in [1.165, 1.54) is 0 Å². The topological polar surface area (TPSA) is 49.3 Å². The third kappa shape index (κ3) is 5.61. The van der Waals surface area contributed by atoms with Crippen LogP contribution < -0.4 is 5.32 Å². The van der Waals surface area contributed by atoms with Gasteiger partial charge in [0, 0.05) is 5.57 Å². The highest BCUT2D eigenvalue weighted by molar-refractivity contribution is 5.85. The van der Waals surface area contributed by atoms with Gasteiger partial charge in [0.15, 0.2) is 0 Å². The minimum absolute atomic E-state index is 0.272. The summed E-state index contributed by atoms with van der Waals surface area (Å²) in [5.41, 5.74) is 0.272. The van der Waals surface area contributed by atoms with Gasteiger partial charge in [0.05, 0.1) is 0 Å². The lowest BCUT2D eigenvalue weighted by atomic mass is 10.2. The Morgan fingerprint density at radius 2 is 2.18 bits per heavy atom. The van der Waals surface area contributed by atoms with Crippen LogP contribution in [0.3, 0.4) is 0 Å². The van der Waals surface area contributed by atoms with Gasteiger partial charge in [-0.3, -0.25) is 0 Å². The molecule has 3 nitrogen and oxygen atoms in total. The number of hydrogen-bond acceptors (Lipinski definition) is 2. The van der Waals surface area contributed by atoms with Gasteiger partial charge in [-0.15, -0.1) is 0 Å². The Morgan fingerprint density at radius 3 is 2.64 bits per heavy atom. The third-order valence-electron chi connectivity index (χ3n) is 1.33. The van der Waals surface area contributed by atoms with Crippen LogP contribution in [0.5, 0.6) is 0 Å². The summed E-state index contributed by atoms with van der Waals surface area (Å²) in [5, 5.41) is 11.5. The van der Waals surface area contributed by atoms with E-state index in [1.54, 1.807) is 0 Å². The molecule has 0 saturated heterocycles. The highest BCUT2D eigenvalue weighted by Crippen LogP contribution is 1.94. The summed E-state index contributed by atoms with van der Waals surface area (Å²) in [6, 6.07) is 0. The maximum absolute atomic E-state index is 10.2. The summed E-state index contributed by atoms with van der Waals surface area (Å²) in [6.07, 6.45) is 1.59. The van der Waals surface area contributed by atoms with Gasteiger partial charge in [0.25, 0.3) is 0 Å². The number of carboxylic acid groups (broad SMARTS) is 1. The molecule has 3 heteroatoms. The van der Waals surface area contributed by atoms with Gasteiger partial charge in [-0.2, -0.15) is 0 Å². The van der Waals surface area contributed by atoms with Crippen LogP contribution in [0.15, 0.2) is 12.2 Å². The lowest BCUT2D eigenvalue weighted by Gasteiger charge is -2.01. The summed E-state index contributed by atoms with van der Waals surface area (Å²) in [4.78, 5) is 10.2. The van der Waals surface area contributed by atoms with Crippen molar-refractivity contribution in [2.24, 2.45) is 0 Å². The third-order valence-corrected chi connectivity index (χ3v) is 1.33. The Bertz CT molecular complexity index is 143. The van der Waals surface area contributed by atoms with Crippen LogP contribution in [0.25, 0.3) is 0 Å². The number of carboxylic acids is 1. The highest BCUT2D eigenvalue weighted by atomic mass is 16.4. The predicted octanol–water partition coefficient (Wildman–Crippen LogP) is 1.02. The maximum Gasteiger partial charge on any atom is 0.330 e. The van der Waals surface area contributed by atoms with E-state index >= 15 is 0 Å². The van der Waals surface area contributed by atoms with Crippen LogP contribution in [0.2, 0.25) is 0 Å². The van der Waals surface area contributed by atoms with Crippen molar-refractivity contribution in [2.45, 2.75) is 19.8 Å². The Labute approximate surface area is 67.1 Å². The van der Waals surface area contributed by atoms with E-state index in [4.69, 9.17) is 5.11 Å². The van der Waals surface area contributed by atoms with Crippen LogP contribution in [-0.2, 0) is 4.79 Å². The molecule has 0 spiro atoms. The van der Waals surface area contributed by atoms with Gasteiger partial charge >= 0.3 is 5.97 Å². The molecule has 0 saturated carbocycles. The van der Waals surface area contributed by atoms with Crippen molar-refractivity contribution in [3.63, 3.8) is 0 Å². The van der Waals surface area contributed by atoms with Crippen molar-refractivity contribution < 1.29 is 9.90 Å². The normalized spacial score (nSPS) is 9.55. The summed E-state index contributed by atoms with van der Waals surface area (Å²) >= 11 is 0. The van der Waals surface area contributed by atoms with Gasteiger partial charge in [-0.25, -0.2) is 4.79 Å². The molecule has 0 fully saturated rings. The Hall–Kier alpha value is -0.830. The number of hydrogen-bond donors (Lipinski definition) is 2. The van der Waals surface area contributed by atoms with Gasteiger partial charge in [-0.05, 0) is 25.9 Å². The molecule has 0 aromatic rings. The monoisotopic (exact) mass is 157 g/mol. The van der Waals surface area contributed by atoms with E-state index in [9.17, 15) is 4.79 Å². The first-order valence-corrected chi connectivity index (χ1v) is 3.80. The lowest BCUT2D eigenvalue weighted by molar-refractivity contribution is -0.132. The van der Waals surface area contributed by atoms with E-state index in [1.807, 2.05) is 0 Å². The molecule has 0 heterocycles. The molecule has 0 aromatic carbocycles. The zero-order chi connectivity index (χ0) is 8.69. The molecule has 0 rings (SSSR count). The summed E-state index contributed by atoms with van der Waals surface area (Å²) in [7, 11) is 0. The average Bonchev–Trinajstić information content (AvgIpc) is 1.97. The Balaban J connectivity index is 3.25.